The van der Waals surface area contributed by atoms with E-state index in [2.05, 4.69) is 5.32 Å². The molecule has 1 aliphatic rings. The van der Waals surface area contributed by atoms with Crippen molar-refractivity contribution < 1.29 is 13.2 Å². The summed E-state index contributed by atoms with van der Waals surface area (Å²) in [5, 5.41) is 11.8. The number of sulfone groups is 1. The molecule has 1 saturated heterocycles. The molecule has 1 N–H and O–H groups in total. The van der Waals surface area contributed by atoms with Gasteiger partial charge in [0.25, 0.3) is 0 Å². The summed E-state index contributed by atoms with van der Waals surface area (Å²) in [6, 6.07) is 8.83. The maximum absolute atomic E-state index is 12.1. The number of nitriles is 1. The molecule has 1 amide bonds. The molecule has 0 aliphatic carbocycles. The van der Waals surface area contributed by atoms with E-state index in [0.717, 1.165) is 5.69 Å². The molecule has 1 aromatic carbocycles. The van der Waals surface area contributed by atoms with Crippen LogP contribution in [-0.4, -0.2) is 50.4 Å². The van der Waals surface area contributed by atoms with E-state index < -0.39 is 9.84 Å². The number of nitrogens with zero attached hydrogens (tertiary/aromatic N) is 2. The predicted octanol–water partition coefficient (Wildman–Crippen LogP) is 1.01. The van der Waals surface area contributed by atoms with Gasteiger partial charge < -0.3 is 10.2 Å². The summed E-state index contributed by atoms with van der Waals surface area (Å²) in [5.41, 5.74) is 1.43. The fourth-order valence-corrected chi connectivity index (χ4v) is 4.21. The Bertz CT molecular complexity index is 677. The number of benzene rings is 1. The molecule has 1 aliphatic heterocycles. The van der Waals surface area contributed by atoms with Gasteiger partial charge in [0.15, 0.2) is 9.84 Å². The highest BCUT2D eigenvalue weighted by Crippen LogP contribution is 2.17. The van der Waals surface area contributed by atoms with E-state index in [1.807, 2.05) is 6.07 Å². The van der Waals surface area contributed by atoms with Crippen LogP contribution in [0, 0.1) is 11.3 Å². The van der Waals surface area contributed by atoms with Crippen LogP contribution >= 0.6 is 0 Å². The third-order valence-corrected chi connectivity index (χ3v) is 5.58. The smallest absolute Gasteiger partial charge is 0.224 e. The van der Waals surface area contributed by atoms with Gasteiger partial charge in [-0.1, -0.05) is 0 Å². The molecule has 118 valence electrons. The summed E-state index contributed by atoms with van der Waals surface area (Å²) >= 11 is 0. The highest BCUT2D eigenvalue weighted by atomic mass is 32.2. The topological polar surface area (TPSA) is 90.3 Å². The van der Waals surface area contributed by atoms with Crippen LogP contribution < -0.4 is 5.32 Å². The number of carbonyl (C=O) groups is 1. The molecule has 22 heavy (non-hydrogen) atoms. The molecule has 6 nitrogen and oxygen atoms in total. The Kier molecular flexibility index (Phi) is 5.03. The monoisotopic (exact) mass is 321 g/mol. The van der Waals surface area contributed by atoms with Crippen LogP contribution in [0.25, 0.3) is 0 Å². The molecule has 0 aromatic heterocycles. The van der Waals surface area contributed by atoms with Gasteiger partial charge in [0, 0.05) is 31.7 Å². The van der Waals surface area contributed by atoms with Crippen LogP contribution in [0.2, 0.25) is 0 Å². The van der Waals surface area contributed by atoms with E-state index in [-0.39, 0.29) is 23.5 Å². The minimum atomic E-state index is -2.98. The van der Waals surface area contributed by atoms with Crippen molar-refractivity contribution >= 4 is 21.4 Å². The van der Waals surface area contributed by atoms with E-state index in [1.165, 1.54) is 0 Å². The number of anilines is 1. The highest BCUT2D eigenvalue weighted by molar-refractivity contribution is 7.91. The third kappa shape index (κ3) is 4.21. The van der Waals surface area contributed by atoms with Crippen molar-refractivity contribution in [2.75, 3.05) is 30.4 Å². The summed E-state index contributed by atoms with van der Waals surface area (Å²) in [4.78, 5) is 13.6. The standard InChI is InChI=1S/C15H19N3O3S/c1-18(14-7-9-22(20,21)11-14)15(19)6-8-17-13-4-2-12(10-16)3-5-13/h2-5,14,17H,6-9,11H2,1H3. The first-order chi connectivity index (χ1) is 10.4. The largest absolute Gasteiger partial charge is 0.385 e. The number of hydrogen-bond acceptors (Lipinski definition) is 5. The lowest BCUT2D eigenvalue weighted by atomic mass is 10.2. The third-order valence-electron chi connectivity index (χ3n) is 3.83. The Labute approximate surface area is 130 Å². The molecular formula is C15H19N3O3S. The van der Waals surface area contributed by atoms with E-state index in [9.17, 15) is 13.2 Å². The molecule has 0 bridgehead atoms. The van der Waals surface area contributed by atoms with Crippen LogP contribution in [0.5, 0.6) is 0 Å². The van der Waals surface area contributed by atoms with Gasteiger partial charge >= 0.3 is 0 Å². The van der Waals surface area contributed by atoms with Gasteiger partial charge in [0.05, 0.1) is 23.1 Å². The zero-order valence-corrected chi connectivity index (χ0v) is 13.3. The Hall–Kier alpha value is -2.07. The summed E-state index contributed by atoms with van der Waals surface area (Å²) < 4.78 is 22.9. The minimum Gasteiger partial charge on any atom is -0.385 e. The number of rotatable bonds is 5. The van der Waals surface area contributed by atoms with Gasteiger partial charge in [0.1, 0.15) is 0 Å². The highest BCUT2D eigenvalue weighted by Gasteiger charge is 2.32. The number of carbonyl (C=O) groups excluding carboxylic acids is 1. The van der Waals surface area contributed by atoms with Gasteiger partial charge in [-0.25, -0.2) is 8.42 Å². The van der Waals surface area contributed by atoms with Gasteiger partial charge in [-0.05, 0) is 30.7 Å². The quantitative estimate of drug-likeness (QED) is 0.874. The zero-order valence-electron chi connectivity index (χ0n) is 12.4. The molecule has 7 heteroatoms. The Morgan fingerprint density at radius 1 is 1.41 bits per heavy atom. The number of hydrogen-bond donors (Lipinski definition) is 1. The minimum absolute atomic E-state index is 0.0664. The summed E-state index contributed by atoms with van der Waals surface area (Å²) in [7, 11) is -1.32. The fraction of sp³-hybridized carbons (Fsp3) is 0.467. The van der Waals surface area contributed by atoms with Crippen LogP contribution in [0.1, 0.15) is 18.4 Å². The van der Waals surface area contributed by atoms with E-state index in [4.69, 9.17) is 5.26 Å². The van der Waals surface area contributed by atoms with Crippen molar-refractivity contribution in [3.8, 4) is 6.07 Å². The second kappa shape index (κ2) is 6.79. The van der Waals surface area contributed by atoms with Gasteiger partial charge in [-0.15, -0.1) is 0 Å². The maximum Gasteiger partial charge on any atom is 0.224 e. The first kappa shape index (κ1) is 16.3. The SMILES string of the molecule is CN(C(=O)CCNc1ccc(C#N)cc1)C1CCS(=O)(=O)C1. The van der Waals surface area contributed by atoms with Crippen LogP contribution in [0.15, 0.2) is 24.3 Å². The normalized spacial score (nSPS) is 19.4. The number of amides is 1. The Morgan fingerprint density at radius 2 is 2.09 bits per heavy atom. The Balaban J connectivity index is 1.79. The van der Waals surface area contributed by atoms with Crippen LogP contribution in [0.3, 0.4) is 0 Å². The first-order valence-electron chi connectivity index (χ1n) is 7.11. The van der Waals surface area contributed by atoms with E-state index >= 15 is 0 Å². The van der Waals surface area contributed by atoms with Gasteiger partial charge in [0.2, 0.25) is 5.91 Å². The molecule has 1 fully saturated rings. The van der Waals surface area contributed by atoms with Crippen molar-refractivity contribution in [2.24, 2.45) is 0 Å². The molecule has 0 spiro atoms. The lowest BCUT2D eigenvalue weighted by molar-refractivity contribution is -0.131. The van der Waals surface area contributed by atoms with E-state index in [0.29, 0.717) is 24.9 Å². The lowest BCUT2D eigenvalue weighted by Crippen LogP contribution is -2.38. The summed E-state index contributed by atoms with van der Waals surface area (Å²) in [6.45, 7) is 0.467. The zero-order chi connectivity index (χ0) is 16.2. The maximum atomic E-state index is 12.1. The summed E-state index contributed by atoms with van der Waals surface area (Å²) in [6.07, 6.45) is 0.820. The van der Waals surface area contributed by atoms with Crippen molar-refractivity contribution in [3.05, 3.63) is 29.8 Å². The molecule has 1 heterocycles. The molecule has 2 rings (SSSR count). The molecule has 1 unspecified atom stereocenters. The Morgan fingerprint density at radius 3 is 2.64 bits per heavy atom. The van der Waals surface area contributed by atoms with Crippen molar-refractivity contribution in [1.29, 1.82) is 5.26 Å². The second-order valence-electron chi connectivity index (χ2n) is 5.43. The number of nitrogens with one attached hydrogen (secondary N) is 1. The molecular weight excluding hydrogens is 302 g/mol. The predicted molar refractivity (Wildman–Crippen MR) is 84.1 cm³/mol. The first-order valence-corrected chi connectivity index (χ1v) is 8.93. The van der Waals surface area contributed by atoms with Crippen LogP contribution in [0.4, 0.5) is 5.69 Å². The van der Waals surface area contributed by atoms with Crippen molar-refractivity contribution in [1.82, 2.24) is 4.90 Å². The van der Waals surface area contributed by atoms with Crippen molar-refractivity contribution in [2.45, 2.75) is 18.9 Å². The van der Waals surface area contributed by atoms with Gasteiger partial charge in [-0.2, -0.15) is 5.26 Å². The van der Waals surface area contributed by atoms with Crippen molar-refractivity contribution in [3.63, 3.8) is 0 Å². The van der Waals surface area contributed by atoms with E-state index in [1.54, 1.807) is 36.2 Å². The lowest BCUT2D eigenvalue weighted by Gasteiger charge is -2.23. The second-order valence-corrected chi connectivity index (χ2v) is 7.66. The average Bonchev–Trinajstić information content (AvgIpc) is 2.87. The van der Waals surface area contributed by atoms with Gasteiger partial charge in [-0.3, -0.25) is 4.79 Å². The fourth-order valence-electron chi connectivity index (χ4n) is 2.44. The molecule has 0 radical (unpaired) electrons. The summed E-state index contributed by atoms with van der Waals surface area (Å²) in [5.74, 6) is 0.167. The average molecular weight is 321 g/mol. The molecule has 0 saturated carbocycles. The molecule has 1 atom stereocenters. The molecule has 1 aromatic rings. The van der Waals surface area contributed by atoms with Crippen LogP contribution in [-0.2, 0) is 14.6 Å².